The zero-order valence-electron chi connectivity index (χ0n) is 12.3. The fourth-order valence-electron chi connectivity index (χ4n) is 2.81. The molecule has 7 heteroatoms. The van der Waals surface area contributed by atoms with Crippen LogP contribution in [0, 0.1) is 5.92 Å². The van der Waals surface area contributed by atoms with Crippen LogP contribution < -0.4 is 10.9 Å². The van der Waals surface area contributed by atoms with Gasteiger partial charge in [-0.25, -0.2) is 0 Å². The van der Waals surface area contributed by atoms with Crippen molar-refractivity contribution in [1.29, 1.82) is 0 Å². The molecular formula is C15H19F3N2O2. The molecule has 1 aromatic rings. The van der Waals surface area contributed by atoms with Gasteiger partial charge in [0.2, 0.25) is 5.91 Å². The fraction of sp³-hybridized carbons (Fsp3) is 0.600. The molecule has 0 bridgehead atoms. The van der Waals surface area contributed by atoms with Crippen molar-refractivity contribution >= 4 is 5.91 Å². The van der Waals surface area contributed by atoms with E-state index in [1.54, 1.807) is 0 Å². The van der Waals surface area contributed by atoms with Crippen molar-refractivity contribution < 1.29 is 18.0 Å². The number of pyridine rings is 1. The molecule has 1 fully saturated rings. The predicted octanol–water partition coefficient (Wildman–Crippen LogP) is 2.56. The van der Waals surface area contributed by atoms with Crippen LogP contribution >= 0.6 is 0 Å². The fourth-order valence-corrected chi connectivity index (χ4v) is 2.81. The molecule has 2 atom stereocenters. The summed E-state index contributed by atoms with van der Waals surface area (Å²) in [5, 5.41) is 2.82. The molecule has 0 saturated heterocycles. The summed E-state index contributed by atoms with van der Waals surface area (Å²) in [5.74, 6) is -0.0869. The second-order valence-corrected chi connectivity index (χ2v) is 5.79. The van der Waals surface area contributed by atoms with Gasteiger partial charge in [-0.15, -0.1) is 0 Å². The minimum Gasteiger partial charge on any atom is -0.352 e. The summed E-state index contributed by atoms with van der Waals surface area (Å²) < 4.78 is 38.8. The Kier molecular flexibility index (Phi) is 4.93. The normalized spacial score (nSPS) is 22.4. The van der Waals surface area contributed by atoms with Gasteiger partial charge in [-0.3, -0.25) is 9.59 Å². The summed E-state index contributed by atoms with van der Waals surface area (Å²) in [7, 11) is 0. The van der Waals surface area contributed by atoms with Crippen molar-refractivity contribution in [2.75, 3.05) is 0 Å². The maximum absolute atomic E-state index is 12.7. The maximum Gasteiger partial charge on any atom is 0.421 e. The Morgan fingerprint density at radius 2 is 2.05 bits per heavy atom. The maximum atomic E-state index is 12.7. The van der Waals surface area contributed by atoms with Gasteiger partial charge in [0.25, 0.3) is 5.56 Å². The third kappa shape index (κ3) is 3.90. The first-order chi connectivity index (χ1) is 10.3. The number of nitrogens with one attached hydrogen (secondary N) is 1. The third-order valence-electron chi connectivity index (χ3n) is 4.10. The molecule has 1 aliphatic carbocycles. The molecule has 122 valence electrons. The highest BCUT2D eigenvalue weighted by Gasteiger charge is 2.34. The quantitative estimate of drug-likeness (QED) is 0.932. The summed E-state index contributed by atoms with van der Waals surface area (Å²) in [6.45, 7) is 1.65. The molecule has 1 heterocycles. The Labute approximate surface area is 126 Å². The number of alkyl halides is 3. The summed E-state index contributed by atoms with van der Waals surface area (Å²) >= 11 is 0. The van der Waals surface area contributed by atoms with Crippen molar-refractivity contribution in [2.45, 2.75) is 51.4 Å². The SMILES string of the molecule is C[C@@H]1CCCC[C@H]1NC(=O)Cn1cccc(C(F)(F)F)c1=O. The summed E-state index contributed by atoms with van der Waals surface area (Å²) in [6.07, 6.45) is 0.522. The van der Waals surface area contributed by atoms with E-state index in [0.29, 0.717) is 5.92 Å². The van der Waals surface area contributed by atoms with E-state index in [-0.39, 0.29) is 6.04 Å². The molecule has 1 aromatic heterocycles. The lowest BCUT2D eigenvalue weighted by Crippen LogP contribution is -2.43. The van der Waals surface area contributed by atoms with Gasteiger partial charge in [-0.2, -0.15) is 13.2 Å². The number of hydrogen-bond acceptors (Lipinski definition) is 2. The zero-order valence-corrected chi connectivity index (χ0v) is 12.3. The Morgan fingerprint density at radius 3 is 2.68 bits per heavy atom. The van der Waals surface area contributed by atoms with Gasteiger partial charge in [0.15, 0.2) is 0 Å². The van der Waals surface area contributed by atoms with E-state index >= 15 is 0 Å². The van der Waals surface area contributed by atoms with E-state index in [1.807, 2.05) is 6.92 Å². The summed E-state index contributed by atoms with van der Waals surface area (Å²) in [4.78, 5) is 23.8. The first-order valence-electron chi connectivity index (χ1n) is 7.35. The van der Waals surface area contributed by atoms with E-state index in [1.165, 1.54) is 6.20 Å². The van der Waals surface area contributed by atoms with Gasteiger partial charge in [0.05, 0.1) is 0 Å². The number of nitrogens with zero attached hydrogens (tertiary/aromatic N) is 1. The Hall–Kier alpha value is -1.79. The average molecular weight is 316 g/mol. The topological polar surface area (TPSA) is 51.1 Å². The number of amides is 1. The van der Waals surface area contributed by atoms with Crippen molar-refractivity contribution in [3.05, 3.63) is 34.2 Å². The zero-order chi connectivity index (χ0) is 16.3. The Morgan fingerprint density at radius 1 is 1.36 bits per heavy atom. The van der Waals surface area contributed by atoms with Crippen molar-refractivity contribution in [2.24, 2.45) is 5.92 Å². The number of rotatable bonds is 3. The number of halogens is 3. The molecular weight excluding hydrogens is 297 g/mol. The van der Waals surface area contributed by atoms with Gasteiger partial charge in [-0.1, -0.05) is 19.8 Å². The van der Waals surface area contributed by atoms with Crippen LogP contribution in [0.1, 0.15) is 38.2 Å². The predicted molar refractivity (Wildman–Crippen MR) is 75.3 cm³/mol. The lowest BCUT2D eigenvalue weighted by Gasteiger charge is -2.29. The van der Waals surface area contributed by atoms with Crippen molar-refractivity contribution in [3.8, 4) is 0 Å². The van der Waals surface area contributed by atoms with Crippen LogP contribution in [0.3, 0.4) is 0 Å². The van der Waals surface area contributed by atoms with Gasteiger partial charge in [0.1, 0.15) is 12.1 Å². The van der Waals surface area contributed by atoms with Crippen LogP contribution in [-0.2, 0) is 17.5 Å². The highest BCUT2D eigenvalue weighted by Crippen LogP contribution is 2.26. The van der Waals surface area contributed by atoms with Crippen LogP contribution in [0.5, 0.6) is 0 Å². The third-order valence-corrected chi connectivity index (χ3v) is 4.10. The van der Waals surface area contributed by atoms with Crippen LogP contribution in [0.25, 0.3) is 0 Å². The van der Waals surface area contributed by atoms with Crippen LogP contribution in [0.4, 0.5) is 13.2 Å². The molecule has 0 spiro atoms. The molecule has 0 unspecified atom stereocenters. The van der Waals surface area contributed by atoms with Crippen molar-refractivity contribution in [3.63, 3.8) is 0 Å². The molecule has 2 rings (SSSR count). The lowest BCUT2D eigenvalue weighted by atomic mass is 9.86. The Bertz CT molecular complexity index is 595. The standard InChI is InChI=1S/C15H19F3N2O2/c1-10-5-2-3-7-12(10)19-13(21)9-20-8-4-6-11(14(20)22)15(16,17)18/h4,6,8,10,12H,2-3,5,7,9H2,1H3,(H,19,21)/t10-,12-/m1/s1. The summed E-state index contributed by atoms with van der Waals surface area (Å²) in [5.41, 5.74) is -2.45. The average Bonchev–Trinajstić information content (AvgIpc) is 2.42. The molecule has 1 amide bonds. The van der Waals surface area contributed by atoms with Gasteiger partial charge in [-0.05, 0) is 30.9 Å². The number of hydrogen-bond donors (Lipinski definition) is 1. The second kappa shape index (κ2) is 6.54. The molecule has 22 heavy (non-hydrogen) atoms. The van der Waals surface area contributed by atoms with E-state index in [2.05, 4.69) is 5.32 Å². The largest absolute Gasteiger partial charge is 0.421 e. The molecule has 4 nitrogen and oxygen atoms in total. The van der Waals surface area contributed by atoms with Gasteiger partial charge < -0.3 is 9.88 Å². The minimum atomic E-state index is -4.71. The highest BCUT2D eigenvalue weighted by molar-refractivity contribution is 5.76. The molecule has 0 aliphatic heterocycles. The van der Waals surface area contributed by atoms with E-state index < -0.39 is 29.8 Å². The highest BCUT2D eigenvalue weighted by atomic mass is 19.4. The first-order valence-corrected chi connectivity index (χ1v) is 7.35. The van der Waals surface area contributed by atoms with Gasteiger partial charge in [0, 0.05) is 12.2 Å². The van der Waals surface area contributed by atoms with E-state index in [0.717, 1.165) is 42.4 Å². The van der Waals surface area contributed by atoms with E-state index in [4.69, 9.17) is 0 Å². The number of aromatic nitrogens is 1. The van der Waals surface area contributed by atoms with Crippen molar-refractivity contribution in [1.82, 2.24) is 9.88 Å². The lowest BCUT2D eigenvalue weighted by molar-refractivity contribution is -0.139. The van der Waals surface area contributed by atoms with Crippen LogP contribution in [0.15, 0.2) is 23.1 Å². The number of carbonyl (C=O) groups is 1. The molecule has 0 radical (unpaired) electrons. The van der Waals surface area contributed by atoms with Gasteiger partial charge >= 0.3 is 6.18 Å². The molecule has 1 N–H and O–H groups in total. The molecule has 1 saturated carbocycles. The van der Waals surface area contributed by atoms with Crippen LogP contribution in [-0.4, -0.2) is 16.5 Å². The monoisotopic (exact) mass is 316 g/mol. The first kappa shape index (κ1) is 16.6. The van der Waals surface area contributed by atoms with Crippen LogP contribution in [0.2, 0.25) is 0 Å². The number of carbonyl (C=O) groups excluding carboxylic acids is 1. The van der Waals surface area contributed by atoms with E-state index in [9.17, 15) is 22.8 Å². The minimum absolute atomic E-state index is 0.0303. The summed E-state index contributed by atoms with van der Waals surface area (Å²) in [6, 6.07) is 1.88. The smallest absolute Gasteiger partial charge is 0.352 e. The Balaban J connectivity index is 2.07. The second-order valence-electron chi connectivity index (χ2n) is 5.79. The molecule has 0 aromatic carbocycles. The molecule has 1 aliphatic rings.